The lowest BCUT2D eigenvalue weighted by atomic mass is 10.2. The monoisotopic (exact) mass is 326 g/mol. The molecule has 0 spiro atoms. The minimum atomic E-state index is -3.74. The molecule has 1 aromatic heterocycles. The summed E-state index contributed by atoms with van der Waals surface area (Å²) in [6.45, 7) is 0.193. The molecule has 1 aromatic carbocycles. The first-order chi connectivity index (χ1) is 9.94. The molecule has 0 radical (unpaired) electrons. The number of hydrogen-bond donors (Lipinski definition) is 2. The molecule has 0 bridgehead atoms. The van der Waals surface area contributed by atoms with Crippen molar-refractivity contribution in [3.63, 3.8) is 0 Å². The van der Waals surface area contributed by atoms with Gasteiger partial charge < -0.3 is 10.5 Å². The van der Waals surface area contributed by atoms with Crippen LogP contribution in [0, 0.1) is 0 Å². The Balaban J connectivity index is 2.21. The van der Waals surface area contributed by atoms with Gasteiger partial charge in [-0.3, -0.25) is 0 Å². The highest BCUT2D eigenvalue weighted by Crippen LogP contribution is 2.21. The van der Waals surface area contributed by atoms with E-state index < -0.39 is 16.0 Å². The van der Waals surface area contributed by atoms with E-state index in [9.17, 15) is 13.2 Å². The van der Waals surface area contributed by atoms with Crippen LogP contribution in [0.1, 0.15) is 15.2 Å². The van der Waals surface area contributed by atoms with Crippen molar-refractivity contribution < 1.29 is 17.9 Å². The van der Waals surface area contributed by atoms with Gasteiger partial charge in [0.1, 0.15) is 4.90 Å². The van der Waals surface area contributed by atoms with Crippen LogP contribution in [-0.4, -0.2) is 21.5 Å². The molecule has 3 N–H and O–H groups in total. The van der Waals surface area contributed by atoms with Crippen molar-refractivity contribution in [3.05, 3.63) is 46.2 Å². The number of methoxy groups -OCH3 is 1. The molecule has 8 heteroatoms. The zero-order valence-corrected chi connectivity index (χ0v) is 12.8. The van der Waals surface area contributed by atoms with Gasteiger partial charge >= 0.3 is 5.97 Å². The van der Waals surface area contributed by atoms with Gasteiger partial charge in [0, 0.05) is 11.4 Å². The summed E-state index contributed by atoms with van der Waals surface area (Å²) >= 11 is 1.45. The highest BCUT2D eigenvalue weighted by atomic mass is 32.2. The zero-order chi connectivity index (χ0) is 15.5. The number of esters is 1. The Morgan fingerprint density at radius 3 is 2.71 bits per heavy atom. The van der Waals surface area contributed by atoms with Crippen LogP contribution >= 0.6 is 11.3 Å². The van der Waals surface area contributed by atoms with Crippen molar-refractivity contribution >= 4 is 33.0 Å². The summed E-state index contributed by atoms with van der Waals surface area (Å²) in [4.78, 5) is 12.2. The molecule has 0 aliphatic rings. The van der Waals surface area contributed by atoms with E-state index in [0.717, 1.165) is 4.88 Å². The number of nitrogen functional groups attached to an aromatic ring is 1. The summed E-state index contributed by atoms with van der Waals surface area (Å²) in [5.41, 5.74) is 5.92. The van der Waals surface area contributed by atoms with Crippen molar-refractivity contribution in [1.82, 2.24) is 4.72 Å². The molecule has 0 fully saturated rings. The lowest BCUT2D eigenvalue weighted by Gasteiger charge is -2.09. The number of ether oxygens (including phenoxy) is 1. The lowest BCUT2D eigenvalue weighted by molar-refractivity contribution is 0.0600. The van der Waals surface area contributed by atoms with Gasteiger partial charge in [0.25, 0.3) is 0 Å². The van der Waals surface area contributed by atoms with E-state index in [-0.39, 0.29) is 22.7 Å². The van der Waals surface area contributed by atoms with Crippen LogP contribution in [0.25, 0.3) is 0 Å². The van der Waals surface area contributed by atoms with E-state index in [1.807, 2.05) is 17.5 Å². The van der Waals surface area contributed by atoms with Crippen molar-refractivity contribution in [2.24, 2.45) is 0 Å². The summed E-state index contributed by atoms with van der Waals surface area (Å²) < 4.78 is 31.4. The largest absolute Gasteiger partial charge is 0.465 e. The minimum absolute atomic E-state index is 0.00317. The number of sulfonamides is 1. The predicted octanol–water partition coefficient (Wildman–Crippen LogP) is 1.60. The number of nitrogens with two attached hydrogens (primary N) is 1. The first kappa shape index (κ1) is 15.5. The van der Waals surface area contributed by atoms with Crippen LogP contribution in [0.3, 0.4) is 0 Å². The Labute approximate surface area is 126 Å². The molecule has 0 saturated carbocycles. The Morgan fingerprint density at radius 2 is 2.14 bits per heavy atom. The van der Waals surface area contributed by atoms with Gasteiger partial charge in [-0.15, -0.1) is 11.3 Å². The maximum atomic E-state index is 12.2. The highest BCUT2D eigenvalue weighted by Gasteiger charge is 2.19. The summed E-state index contributed by atoms with van der Waals surface area (Å²) in [6, 6.07) is 7.61. The number of anilines is 1. The Hall–Kier alpha value is -1.90. The normalized spacial score (nSPS) is 11.3. The number of carbonyl (C=O) groups is 1. The number of thiophene rings is 1. The van der Waals surface area contributed by atoms with Crippen LogP contribution in [0.5, 0.6) is 0 Å². The SMILES string of the molecule is COC(=O)c1ccc(S(=O)(=O)NCc2cccs2)c(N)c1. The molecule has 0 saturated heterocycles. The molecule has 1 heterocycles. The fourth-order valence-electron chi connectivity index (χ4n) is 1.70. The smallest absolute Gasteiger partial charge is 0.337 e. The molecule has 2 aromatic rings. The molecule has 0 aliphatic carbocycles. The molecule has 0 amide bonds. The first-order valence-corrected chi connectivity index (χ1v) is 8.30. The van der Waals surface area contributed by atoms with E-state index >= 15 is 0 Å². The Bertz CT molecular complexity index is 740. The second kappa shape index (κ2) is 6.25. The maximum Gasteiger partial charge on any atom is 0.337 e. The van der Waals surface area contributed by atoms with Gasteiger partial charge in [-0.2, -0.15) is 0 Å². The predicted molar refractivity (Wildman–Crippen MR) is 80.5 cm³/mol. The van der Waals surface area contributed by atoms with Crippen molar-refractivity contribution in [2.75, 3.05) is 12.8 Å². The van der Waals surface area contributed by atoms with E-state index in [2.05, 4.69) is 9.46 Å². The van der Waals surface area contributed by atoms with Crippen LogP contribution in [0.15, 0.2) is 40.6 Å². The molecular formula is C13H14N2O4S2. The van der Waals surface area contributed by atoms with E-state index in [4.69, 9.17) is 5.73 Å². The summed E-state index contributed by atoms with van der Waals surface area (Å²) in [5, 5.41) is 1.86. The molecular weight excluding hydrogens is 312 g/mol. The average Bonchev–Trinajstić information content (AvgIpc) is 2.97. The van der Waals surface area contributed by atoms with Crippen molar-refractivity contribution in [3.8, 4) is 0 Å². The standard InChI is InChI=1S/C13H14N2O4S2/c1-19-13(16)9-4-5-12(11(14)7-9)21(17,18)15-8-10-3-2-6-20-10/h2-7,15H,8,14H2,1H3. The van der Waals surface area contributed by atoms with Gasteiger partial charge in [-0.1, -0.05) is 6.07 Å². The van der Waals surface area contributed by atoms with Gasteiger partial charge in [0.15, 0.2) is 0 Å². The minimum Gasteiger partial charge on any atom is -0.465 e. The van der Waals surface area contributed by atoms with Crippen LogP contribution in [0.2, 0.25) is 0 Å². The molecule has 0 aliphatic heterocycles. The number of carbonyl (C=O) groups excluding carboxylic acids is 1. The third-order valence-corrected chi connectivity index (χ3v) is 5.09. The van der Waals surface area contributed by atoms with Crippen molar-refractivity contribution in [2.45, 2.75) is 11.4 Å². The molecule has 0 unspecified atom stereocenters. The third kappa shape index (κ3) is 3.60. The van der Waals surface area contributed by atoms with Crippen LogP contribution < -0.4 is 10.5 Å². The maximum absolute atomic E-state index is 12.2. The molecule has 21 heavy (non-hydrogen) atoms. The Morgan fingerprint density at radius 1 is 1.38 bits per heavy atom. The van der Waals surface area contributed by atoms with Gasteiger partial charge in [-0.25, -0.2) is 17.9 Å². The summed E-state index contributed by atoms with van der Waals surface area (Å²) in [5.74, 6) is -0.572. The molecule has 112 valence electrons. The third-order valence-electron chi connectivity index (χ3n) is 2.74. The quantitative estimate of drug-likeness (QED) is 0.642. The number of rotatable bonds is 5. The second-order valence-electron chi connectivity index (χ2n) is 4.15. The van der Waals surface area contributed by atoms with E-state index in [0.29, 0.717) is 0 Å². The van der Waals surface area contributed by atoms with E-state index in [1.165, 1.54) is 36.6 Å². The first-order valence-electron chi connectivity index (χ1n) is 5.94. The number of nitrogens with one attached hydrogen (secondary N) is 1. The topological polar surface area (TPSA) is 98.5 Å². The van der Waals surface area contributed by atoms with Gasteiger partial charge in [0.2, 0.25) is 10.0 Å². The summed E-state index contributed by atoms with van der Waals surface area (Å²) in [7, 11) is -2.49. The zero-order valence-electron chi connectivity index (χ0n) is 11.2. The fraction of sp³-hybridized carbons (Fsp3) is 0.154. The van der Waals surface area contributed by atoms with Crippen molar-refractivity contribution in [1.29, 1.82) is 0 Å². The summed E-state index contributed by atoms with van der Waals surface area (Å²) in [6.07, 6.45) is 0. The molecule has 2 rings (SSSR count). The Kier molecular flexibility index (Phi) is 4.61. The average molecular weight is 326 g/mol. The van der Waals surface area contributed by atoms with E-state index in [1.54, 1.807) is 0 Å². The van der Waals surface area contributed by atoms with Crippen LogP contribution in [0.4, 0.5) is 5.69 Å². The van der Waals surface area contributed by atoms with Gasteiger partial charge in [-0.05, 0) is 29.6 Å². The molecule has 0 atom stereocenters. The lowest BCUT2D eigenvalue weighted by Crippen LogP contribution is -2.24. The highest BCUT2D eigenvalue weighted by molar-refractivity contribution is 7.89. The second-order valence-corrected chi connectivity index (χ2v) is 6.92. The van der Waals surface area contributed by atoms with Crippen LogP contribution in [-0.2, 0) is 21.3 Å². The fourth-order valence-corrected chi connectivity index (χ4v) is 3.55. The van der Waals surface area contributed by atoms with Gasteiger partial charge in [0.05, 0.1) is 18.4 Å². The number of hydrogen-bond acceptors (Lipinski definition) is 6. The number of benzene rings is 1. The molecule has 6 nitrogen and oxygen atoms in total.